The number of unbranched alkanes of at least 4 members (excludes halogenated alkanes) is 1. The van der Waals surface area contributed by atoms with Crippen LogP contribution in [0.3, 0.4) is 0 Å². The van der Waals surface area contributed by atoms with Crippen molar-refractivity contribution in [2.24, 2.45) is 0 Å². The lowest BCUT2D eigenvalue weighted by Crippen LogP contribution is -2.28. The summed E-state index contributed by atoms with van der Waals surface area (Å²) < 4.78 is 0. The Morgan fingerprint density at radius 1 is 1.39 bits per heavy atom. The third-order valence-electron chi connectivity index (χ3n) is 3.59. The van der Waals surface area contributed by atoms with Gasteiger partial charge in [-0.05, 0) is 18.4 Å². The molecule has 1 fully saturated rings. The molecule has 0 aliphatic carbocycles. The highest BCUT2D eigenvalue weighted by Crippen LogP contribution is 2.32. The van der Waals surface area contributed by atoms with Crippen LogP contribution in [0.25, 0.3) is 0 Å². The van der Waals surface area contributed by atoms with Crippen LogP contribution in [0, 0.1) is 0 Å². The Hall–Kier alpha value is -1.12. The third kappa shape index (κ3) is 3.21. The lowest BCUT2D eigenvalue weighted by Gasteiger charge is -2.20. The lowest BCUT2D eigenvalue weighted by molar-refractivity contribution is -0.160. The van der Waals surface area contributed by atoms with E-state index in [0.29, 0.717) is 12.0 Å². The molecule has 1 aromatic rings. The van der Waals surface area contributed by atoms with Gasteiger partial charge in [-0.15, -0.1) is 6.58 Å². The molecule has 1 saturated heterocycles. The van der Waals surface area contributed by atoms with E-state index in [1.54, 1.807) is 0 Å². The van der Waals surface area contributed by atoms with E-state index in [0.717, 1.165) is 26.0 Å². The second-order valence-corrected chi connectivity index (χ2v) is 4.93. The SMILES string of the molecule is C=C[C@@H]1C[C@H](c2ccccc2)CN1OCCCC. The molecule has 2 heteroatoms. The van der Waals surface area contributed by atoms with Gasteiger partial charge in [0.05, 0.1) is 12.6 Å². The predicted octanol–water partition coefficient (Wildman–Crippen LogP) is 3.76. The van der Waals surface area contributed by atoms with E-state index in [4.69, 9.17) is 4.84 Å². The van der Waals surface area contributed by atoms with Gasteiger partial charge >= 0.3 is 0 Å². The second-order valence-electron chi connectivity index (χ2n) is 4.93. The van der Waals surface area contributed by atoms with Gasteiger partial charge in [-0.2, -0.15) is 5.06 Å². The summed E-state index contributed by atoms with van der Waals surface area (Å²) in [7, 11) is 0. The molecule has 0 spiro atoms. The molecule has 2 rings (SSSR count). The quantitative estimate of drug-likeness (QED) is 0.559. The average molecular weight is 245 g/mol. The monoisotopic (exact) mass is 245 g/mol. The highest BCUT2D eigenvalue weighted by atomic mass is 16.7. The molecular weight excluding hydrogens is 222 g/mol. The van der Waals surface area contributed by atoms with Gasteiger partial charge in [0.1, 0.15) is 0 Å². The van der Waals surface area contributed by atoms with Crippen LogP contribution in [0.1, 0.15) is 37.7 Å². The summed E-state index contributed by atoms with van der Waals surface area (Å²) in [6.45, 7) is 7.91. The van der Waals surface area contributed by atoms with Gasteiger partial charge in [-0.3, -0.25) is 4.84 Å². The number of hydroxylamine groups is 2. The minimum absolute atomic E-state index is 0.354. The zero-order valence-electron chi connectivity index (χ0n) is 11.2. The van der Waals surface area contributed by atoms with Crippen molar-refractivity contribution < 1.29 is 4.84 Å². The molecule has 0 unspecified atom stereocenters. The molecule has 2 atom stereocenters. The van der Waals surface area contributed by atoms with Crippen LogP contribution in [-0.4, -0.2) is 24.3 Å². The topological polar surface area (TPSA) is 12.5 Å². The van der Waals surface area contributed by atoms with E-state index >= 15 is 0 Å². The van der Waals surface area contributed by atoms with Crippen molar-refractivity contribution in [1.29, 1.82) is 0 Å². The lowest BCUT2D eigenvalue weighted by atomic mass is 9.96. The van der Waals surface area contributed by atoms with E-state index in [9.17, 15) is 0 Å². The molecule has 2 nitrogen and oxygen atoms in total. The fourth-order valence-corrected chi connectivity index (χ4v) is 2.49. The smallest absolute Gasteiger partial charge is 0.0685 e. The van der Waals surface area contributed by atoms with E-state index in [1.807, 2.05) is 6.08 Å². The van der Waals surface area contributed by atoms with E-state index in [1.165, 1.54) is 12.0 Å². The van der Waals surface area contributed by atoms with Crippen molar-refractivity contribution in [2.75, 3.05) is 13.2 Å². The Morgan fingerprint density at radius 3 is 2.83 bits per heavy atom. The minimum Gasteiger partial charge on any atom is -0.298 e. The van der Waals surface area contributed by atoms with Gasteiger partial charge in [0.25, 0.3) is 0 Å². The second kappa shape index (κ2) is 6.72. The van der Waals surface area contributed by atoms with Gasteiger partial charge < -0.3 is 0 Å². The molecule has 0 N–H and O–H groups in total. The summed E-state index contributed by atoms with van der Waals surface area (Å²) in [4.78, 5) is 5.86. The van der Waals surface area contributed by atoms with Crippen molar-refractivity contribution in [3.63, 3.8) is 0 Å². The Bertz CT molecular complexity index is 363. The first-order valence-corrected chi connectivity index (χ1v) is 6.92. The molecule has 0 radical (unpaired) electrons. The van der Waals surface area contributed by atoms with Crippen molar-refractivity contribution in [3.8, 4) is 0 Å². The number of benzene rings is 1. The highest BCUT2D eigenvalue weighted by molar-refractivity contribution is 5.22. The van der Waals surface area contributed by atoms with Crippen LogP contribution in [0.15, 0.2) is 43.0 Å². The van der Waals surface area contributed by atoms with Gasteiger partial charge in [0.2, 0.25) is 0 Å². The average Bonchev–Trinajstić information content (AvgIpc) is 2.83. The summed E-state index contributed by atoms with van der Waals surface area (Å²) in [6, 6.07) is 11.1. The Labute approximate surface area is 110 Å². The van der Waals surface area contributed by atoms with Crippen LogP contribution in [0.4, 0.5) is 0 Å². The molecule has 98 valence electrons. The van der Waals surface area contributed by atoms with Crippen molar-refractivity contribution >= 4 is 0 Å². The molecule has 18 heavy (non-hydrogen) atoms. The molecule has 0 bridgehead atoms. The molecular formula is C16H23NO. The molecule has 1 aliphatic rings. The highest BCUT2D eigenvalue weighted by Gasteiger charge is 2.31. The number of hydrogen-bond donors (Lipinski definition) is 0. The molecule has 0 saturated carbocycles. The maximum Gasteiger partial charge on any atom is 0.0685 e. The van der Waals surface area contributed by atoms with Crippen LogP contribution < -0.4 is 0 Å². The Morgan fingerprint density at radius 2 is 2.17 bits per heavy atom. The van der Waals surface area contributed by atoms with Crippen molar-refractivity contribution in [1.82, 2.24) is 5.06 Å². The number of nitrogens with zero attached hydrogens (tertiary/aromatic N) is 1. The van der Waals surface area contributed by atoms with Crippen LogP contribution in [-0.2, 0) is 4.84 Å². The first-order valence-electron chi connectivity index (χ1n) is 6.92. The van der Waals surface area contributed by atoms with E-state index < -0.39 is 0 Å². The Balaban J connectivity index is 1.95. The zero-order valence-corrected chi connectivity index (χ0v) is 11.2. The maximum absolute atomic E-state index is 5.86. The normalized spacial score (nSPS) is 24.3. The van der Waals surface area contributed by atoms with E-state index in [-0.39, 0.29) is 0 Å². The summed E-state index contributed by atoms with van der Waals surface area (Å²) >= 11 is 0. The molecule has 0 aromatic heterocycles. The molecule has 1 aliphatic heterocycles. The summed E-state index contributed by atoms with van der Waals surface area (Å²) in [6.07, 6.45) is 5.42. The fraction of sp³-hybridized carbons (Fsp3) is 0.500. The van der Waals surface area contributed by atoms with Crippen molar-refractivity contribution in [3.05, 3.63) is 48.6 Å². The van der Waals surface area contributed by atoms with E-state index in [2.05, 4.69) is 48.9 Å². The van der Waals surface area contributed by atoms with Gasteiger partial charge in [-0.1, -0.05) is 49.8 Å². The first kappa shape index (κ1) is 13.3. The van der Waals surface area contributed by atoms with Gasteiger partial charge in [0.15, 0.2) is 0 Å². The fourth-order valence-electron chi connectivity index (χ4n) is 2.49. The predicted molar refractivity (Wildman–Crippen MR) is 75.4 cm³/mol. The maximum atomic E-state index is 5.86. The molecule has 1 aromatic carbocycles. The summed E-state index contributed by atoms with van der Waals surface area (Å²) in [5.74, 6) is 0.566. The standard InChI is InChI=1S/C16H23NO/c1-3-5-11-18-17-13-15(12-16(17)4-2)14-9-7-6-8-10-14/h4,6-10,15-16H,2-3,5,11-13H2,1H3/t15-,16+/m0/s1. The van der Waals surface area contributed by atoms with Gasteiger partial charge in [-0.25, -0.2) is 0 Å². The zero-order chi connectivity index (χ0) is 12.8. The van der Waals surface area contributed by atoms with Crippen LogP contribution in [0.5, 0.6) is 0 Å². The minimum atomic E-state index is 0.354. The number of hydrogen-bond acceptors (Lipinski definition) is 2. The molecule has 1 heterocycles. The summed E-state index contributed by atoms with van der Waals surface area (Å²) in [5, 5.41) is 2.11. The first-order chi connectivity index (χ1) is 8.85. The van der Waals surface area contributed by atoms with Crippen LogP contribution in [0.2, 0.25) is 0 Å². The number of rotatable bonds is 6. The Kier molecular flexibility index (Phi) is 4.97. The third-order valence-corrected chi connectivity index (χ3v) is 3.59. The van der Waals surface area contributed by atoms with Crippen molar-refractivity contribution in [2.45, 2.75) is 38.1 Å². The van der Waals surface area contributed by atoms with Gasteiger partial charge in [0, 0.05) is 12.5 Å². The molecule has 0 amide bonds. The summed E-state index contributed by atoms with van der Waals surface area (Å²) in [5.41, 5.74) is 1.41. The largest absolute Gasteiger partial charge is 0.298 e. The van der Waals surface area contributed by atoms with Crippen LogP contribution >= 0.6 is 0 Å².